The first-order valence-electron chi connectivity index (χ1n) is 7.08. The van der Waals surface area contributed by atoms with Gasteiger partial charge >= 0.3 is 0 Å². The van der Waals surface area contributed by atoms with Crippen molar-refractivity contribution in [2.45, 2.75) is 46.1 Å². The molecule has 1 unspecified atom stereocenters. The molecule has 2 aromatic rings. The molecule has 5 heteroatoms. The summed E-state index contributed by atoms with van der Waals surface area (Å²) in [6.07, 6.45) is 1.65. The first kappa shape index (κ1) is 14.7. The van der Waals surface area contributed by atoms with Gasteiger partial charge < -0.3 is 5.11 Å². The lowest BCUT2D eigenvalue weighted by atomic mass is 10.0. The van der Waals surface area contributed by atoms with Crippen molar-refractivity contribution in [1.82, 2.24) is 20.0 Å². The summed E-state index contributed by atoms with van der Waals surface area (Å²) < 4.78 is 1.84. The maximum absolute atomic E-state index is 10.5. The third-order valence-corrected chi connectivity index (χ3v) is 3.51. The van der Waals surface area contributed by atoms with Crippen molar-refractivity contribution in [1.29, 1.82) is 0 Å². The van der Waals surface area contributed by atoms with E-state index in [4.69, 9.17) is 0 Å². The van der Waals surface area contributed by atoms with Crippen molar-refractivity contribution in [2.24, 2.45) is 7.05 Å². The van der Waals surface area contributed by atoms with E-state index >= 15 is 0 Å². The highest BCUT2D eigenvalue weighted by Gasteiger charge is 2.16. The van der Waals surface area contributed by atoms with E-state index in [1.807, 2.05) is 31.6 Å². The highest BCUT2D eigenvalue weighted by molar-refractivity contribution is 5.25. The highest BCUT2D eigenvalue weighted by atomic mass is 16.3. The number of nitrogens with zero attached hydrogens (tertiary/aromatic N) is 4. The number of hydrogen-bond donors (Lipinski definition) is 1. The van der Waals surface area contributed by atoms with Gasteiger partial charge in [0.05, 0.1) is 23.2 Å². The second kappa shape index (κ2) is 6.13. The summed E-state index contributed by atoms with van der Waals surface area (Å²) in [6, 6.07) is 3.98. The number of aryl methyl sites for hydroxylation is 4. The Balaban J connectivity index is 2.25. The molecule has 0 radical (unpaired) electrons. The van der Waals surface area contributed by atoms with Crippen molar-refractivity contribution < 1.29 is 5.11 Å². The van der Waals surface area contributed by atoms with Crippen LogP contribution in [0, 0.1) is 6.92 Å². The Labute approximate surface area is 119 Å². The number of aliphatic hydroxyl groups is 1. The molecule has 0 aromatic carbocycles. The van der Waals surface area contributed by atoms with Gasteiger partial charge in [-0.05, 0) is 31.9 Å². The van der Waals surface area contributed by atoms with Gasteiger partial charge in [0.2, 0.25) is 0 Å². The van der Waals surface area contributed by atoms with Crippen LogP contribution in [-0.4, -0.2) is 25.1 Å². The largest absolute Gasteiger partial charge is 0.388 e. The van der Waals surface area contributed by atoms with Crippen LogP contribution in [0.25, 0.3) is 0 Å². The summed E-state index contributed by atoms with van der Waals surface area (Å²) in [7, 11) is 1.91. The number of aromatic nitrogens is 4. The van der Waals surface area contributed by atoms with Gasteiger partial charge in [0.1, 0.15) is 0 Å². The van der Waals surface area contributed by atoms with Gasteiger partial charge in [0.15, 0.2) is 0 Å². The van der Waals surface area contributed by atoms with Crippen LogP contribution >= 0.6 is 0 Å². The zero-order chi connectivity index (χ0) is 14.7. The van der Waals surface area contributed by atoms with Crippen molar-refractivity contribution in [3.63, 3.8) is 0 Å². The first-order valence-corrected chi connectivity index (χ1v) is 7.08. The van der Waals surface area contributed by atoms with Crippen molar-refractivity contribution in [2.75, 3.05) is 0 Å². The fourth-order valence-corrected chi connectivity index (χ4v) is 2.34. The molecule has 0 aliphatic heterocycles. The molecule has 0 saturated carbocycles. The van der Waals surface area contributed by atoms with Crippen molar-refractivity contribution in [3.05, 3.63) is 40.5 Å². The summed E-state index contributed by atoms with van der Waals surface area (Å²) in [5.74, 6) is 0. The van der Waals surface area contributed by atoms with Gasteiger partial charge in [-0.2, -0.15) is 15.3 Å². The topological polar surface area (TPSA) is 63.8 Å². The fourth-order valence-electron chi connectivity index (χ4n) is 2.34. The van der Waals surface area contributed by atoms with Gasteiger partial charge in [-0.15, -0.1) is 0 Å². The fraction of sp³-hybridized carbons (Fsp3) is 0.533. The molecule has 2 rings (SSSR count). The lowest BCUT2D eigenvalue weighted by Crippen LogP contribution is -2.11. The maximum Gasteiger partial charge on any atom is 0.0864 e. The number of hydrogen-bond acceptors (Lipinski definition) is 4. The third kappa shape index (κ3) is 3.04. The minimum atomic E-state index is -0.570. The van der Waals surface area contributed by atoms with E-state index in [2.05, 4.69) is 28.3 Å². The van der Waals surface area contributed by atoms with E-state index in [0.717, 1.165) is 41.2 Å². The van der Waals surface area contributed by atoms with E-state index in [1.54, 1.807) is 0 Å². The standard InChI is InChI=1S/C15H22N4O/c1-5-11-8-12(19(4)18-11)9-15(20)13-7-10(3)16-17-14(13)6-2/h7-8,15,20H,5-6,9H2,1-4H3. The molecule has 0 saturated heterocycles. The normalized spacial score (nSPS) is 12.7. The highest BCUT2D eigenvalue weighted by Crippen LogP contribution is 2.22. The quantitative estimate of drug-likeness (QED) is 0.904. The molecule has 2 aromatic heterocycles. The lowest BCUT2D eigenvalue weighted by molar-refractivity contribution is 0.174. The third-order valence-electron chi connectivity index (χ3n) is 3.51. The van der Waals surface area contributed by atoms with Gasteiger partial charge in [-0.1, -0.05) is 13.8 Å². The smallest absolute Gasteiger partial charge is 0.0864 e. The molecule has 0 spiro atoms. The average Bonchev–Trinajstić information content (AvgIpc) is 2.79. The van der Waals surface area contributed by atoms with E-state index in [0.29, 0.717) is 6.42 Å². The molecule has 0 bridgehead atoms. The summed E-state index contributed by atoms with van der Waals surface area (Å²) in [5, 5.41) is 23.1. The van der Waals surface area contributed by atoms with Crippen LogP contribution in [0.4, 0.5) is 0 Å². The molecule has 1 atom stereocenters. The minimum absolute atomic E-state index is 0.543. The van der Waals surface area contributed by atoms with Gasteiger partial charge in [0, 0.05) is 24.7 Å². The Hall–Kier alpha value is -1.75. The lowest BCUT2D eigenvalue weighted by Gasteiger charge is -2.14. The summed E-state index contributed by atoms with van der Waals surface area (Å²) in [4.78, 5) is 0. The average molecular weight is 274 g/mol. The number of aliphatic hydroxyl groups excluding tert-OH is 1. The molecule has 0 fully saturated rings. The second-order valence-electron chi connectivity index (χ2n) is 5.07. The maximum atomic E-state index is 10.5. The van der Waals surface area contributed by atoms with Crippen LogP contribution in [0.5, 0.6) is 0 Å². The molecule has 5 nitrogen and oxygen atoms in total. The van der Waals surface area contributed by atoms with Crippen LogP contribution in [0.15, 0.2) is 12.1 Å². The van der Waals surface area contributed by atoms with E-state index in [-0.39, 0.29) is 0 Å². The van der Waals surface area contributed by atoms with Crippen LogP contribution in [0.2, 0.25) is 0 Å². The van der Waals surface area contributed by atoms with E-state index in [1.165, 1.54) is 0 Å². The van der Waals surface area contributed by atoms with Crippen LogP contribution in [0.3, 0.4) is 0 Å². The first-order chi connectivity index (χ1) is 9.55. The monoisotopic (exact) mass is 274 g/mol. The SMILES string of the molecule is CCc1cc(CC(O)c2cc(C)nnc2CC)n(C)n1. The Morgan fingerprint density at radius 1 is 1.20 bits per heavy atom. The predicted molar refractivity (Wildman–Crippen MR) is 77.4 cm³/mol. The zero-order valence-electron chi connectivity index (χ0n) is 12.6. The molecule has 108 valence electrons. The van der Waals surface area contributed by atoms with Gasteiger partial charge in [0.25, 0.3) is 0 Å². The summed E-state index contributed by atoms with van der Waals surface area (Å²) >= 11 is 0. The Morgan fingerprint density at radius 2 is 1.95 bits per heavy atom. The second-order valence-corrected chi connectivity index (χ2v) is 5.07. The molecule has 0 amide bonds. The Morgan fingerprint density at radius 3 is 2.55 bits per heavy atom. The minimum Gasteiger partial charge on any atom is -0.388 e. The van der Waals surface area contributed by atoms with E-state index < -0.39 is 6.10 Å². The van der Waals surface area contributed by atoms with Crippen molar-refractivity contribution in [3.8, 4) is 0 Å². The number of rotatable bonds is 5. The Bertz CT molecular complexity index is 592. The molecule has 20 heavy (non-hydrogen) atoms. The van der Waals surface area contributed by atoms with Crippen LogP contribution in [0.1, 0.15) is 48.3 Å². The van der Waals surface area contributed by atoms with Gasteiger partial charge in [-0.25, -0.2) is 0 Å². The Kier molecular flexibility index (Phi) is 4.49. The van der Waals surface area contributed by atoms with Gasteiger partial charge in [-0.3, -0.25) is 4.68 Å². The summed E-state index contributed by atoms with van der Waals surface area (Å²) in [6.45, 7) is 5.99. The molecule has 1 N–H and O–H groups in total. The predicted octanol–water partition coefficient (Wildman–Crippen LogP) is 1.92. The molecular weight excluding hydrogens is 252 g/mol. The van der Waals surface area contributed by atoms with Crippen LogP contribution < -0.4 is 0 Å². The molecular formula is C15H22N4O. The molecule has 0 aliphatic rings. The molecule has 2 heterocycles. The summed E-state index contributed by atoms with van der Waals surface area (Å²) in [5.41, 5.74) is 4.65. The zero-order valence-corrected chi connectivity index (χ0v) is 12.6. The van der Waals surface area contributed by atoms with Crippen molar-refractivity contribution >= 4 is 0 Å². The van der Waals surface area contributed by atoms with Crippen LogP contribution in [-0.2, 0) is 26.3 Å². The van der Waals surface area contributed by atoms with E-state index in [9.17, 15) is 5.11 Å². The molecule has 0 aliphatic carbocycles.